The van der Waals surface area contributed by atoms with Crippen LogP contribution in [0.2, 0.25) is 0 Å². The maximum Gasteiger partial charge on any atom is 0.253 e. The van der Waals surface area contributed by atoms with Crippen molar-refractivity contribution < 1.29 is 14.6 Å². The second-order valence-electron chi connectivity index (χ2n) is 3.99. The molecule has 1 aromatic carbocycles. The normalized spacial score (nSPS) is 19.7. The average Bonchev–Trinajstić information content (AvgIpc) is 2.77. The first kappa shape index (κ1) is 11.0. The molecule has 2 rings (SSSR count). The molecule has 1 fully saturated rings. The summed E-state index contributed by atoms with van der Waals surface area (Å²) in [6, 6.07) is 4.98. The smallest absolute Gasteiger partial charge is 0.253 e. The van der Waals surface area contributed by atoms with Crippen LogP contribution in [0.15, 0.2) is 18.2 Å². The van der Waals surface area contributed by atoms with Crippen LogP contribution in [-0.2, 0) is 9.53 Å². The van der Waals surface area contributed by atoms with Crippen molar-refractivity contribution in [3.05, 3.63) is 23.8 Å². The number of phenols is 1. The number of rotatable bonds is 2. The maximum absolute atomic E-state index is 11.7. The summed E-state index contributed by atoms with van der Waals surface area (Å²) >= 11 is 0. The van der Waals surface area contributed by atoms with Gasteiger partial charge in [0.1, 0.15) is 11.9 Å². The molecule has 1 aliphatic rings. The zero-order chi connectivity index (χ0) is 11.5. The van der Waals surface area contributed by atoms with Crippen molar-refractivity contribution in [3.8, 4) is 5.75 Å². The zero-order valence-corrected chi connectivity index (χ0v) is 9.19. The molecule has 0 aromatic heterocycles. The lowest BCUT2D eigenvalue weighted by Crippen LogP contribution is -2.26. The summed E-state index contributed by atoms with van der Waals surface area (Å²) < 4.78 is 5.28. The first-order valence-corrected chi connectivity index (χ1v) is 5.39. The molecule has 0 unspecified atom stereocenters. The van der Waals surface area contributed by atoms with Crippen LogP contribution in [0, 0.1) is 6.92 Å². The minimum atomic E-state index is -0.325. The van der Waals surface area contributed by atoms with Gasteiger partial charge in [0, 0.05) is 12.3 Å². The van der Waals surface area contributed by atoms with E-state index in [1.54, 1.807) is 25.1 Å². The largest absolute Gasteiger partial charge is 0.508 e. The molecule has 1 heterocycles. The predicted molar refractivity (Wildman–Crippen MR) is 60.4 cm³/mol. The number of carbonyl (C=O) groups excluding carboxylic acids is 1. The standard InChI is InChI=1S/C12H15NO3/c1-8-7-9(4-5-10(8)14)13-12(15)11-3-2-6-16-11/h4-5,7,11,14H,2-3,6H2,1H3,(H,13,15)/t11-/m1/s1. The van der Waals surface area contributed by atoms with Crippen LogP contribution in [0.25, 0.3) is 0 Å². The number of carbonyl (C=O) groups is 1. The van der Waals surface area contributed by atoms with Gasteiger partial charge in [-0.15, -0.1) is 0 Å². The van der Waals surface area contributed by atoms with Gasteiger partial charge >= 0.3 is 0 Å². The molecule has 4 nitrogen and oxygen atoms in total. The van der Waals surface area contributed by atoms with Crippen LogP contribution >= 0.6 is 0 Å². The number of phenolic OH excluding ortho intramolecular Hbond substituents is 1. The Hall–Kier alpha value is -1.55. The Kier molecular flexibility index (Phi) is 3.10. The Morgan fingerprint density at radius 3 is 3.00 bits per heavy atom. The molecule has 0 bridgehead atoms. The van der Waals surface area contributed by atoms with Crippen LogP contribution in [0.3, 0.4) is 0 Å². The Bertz CT molecular complexity index is 397. The average molecular weight is 221 g/mol. The first-order valence-electron chi connectivity index (χ1n) is 5.39. The molecule has 1 atom stereocenters. The highest BCUT2D eigenvalue weighted by Crippen LogP contribution is 2.21. The second kappa shape index (κ2) is 4.53. The van der Waals surface area contributed by atoms with E-state index in [1.165, 1.54) is 0 Å². The van der Waals surface area contributed by atoms with E-state index in [4.69, 9.17) is 4.74 Å². The van der Waals surface area contributed by atoms with Crippen LogP contribution in [0.4, 0.5) is 5.69 Å². The monoisotopic (exact) mass is 221 g/mol. The molecule has 1 amide bonds. The summed E-state index contributed by atoms with van der Waals surface area (Å²) in [4.78, 5) is 11.7. The van der Waals surface area contributed by atoms with Crippen LogP contribution in [0.1, 0.15) is 18.4 Å². The van der Waals surface area contributed by atoms with Crippen molar-refractivity contribution in [3.63, 3.8) is 0 Å². The number of anilines is 1. The molecule has 16 heavy (non-hydrogen) atoms. The van der Waals surface area contributed by atoms with E-state index in [9.17, 15) is 9.90 Å². The molecule has 1 aliphatic heterocycles. The maximum atomic E-state index is 11.7. The fraction of sp³-hybridized carbons (Fsp3) is 0.417. The summed E-state index contributed by atoms with van der Waals surface area (Å²) in [5.74, 6) is 0.123. The highest BCUT2D eigenvalue weighted by Gasteiger charge is 2.23. The summed E-state index contributed by atoms with van der Waals surface area (Å²) in [7, 11) is 0. The molecule has 1 aromatic rings. The Morgan fingerprint density at radius 2 is 2.38 bits per heavy atom. The third-order valence-corrected chi connectivity index (χ3v) is 2.69. The lowest BCUT2D eigenvalue weighted by Gasteiger charge is -2.11. The lowest BCUT2D eigenvalue weighted by atomic mass is 10.2. The van der Waals surface area contributed by atoms with Gasteiger partial charge in [0.25, 0.3) is 5.91 Å². The van der Waals surface area contributed by atoms with Crippen molar-refractivity contribution in [2.24, 2.45) is 0 Å². The fourth-order valence-electron chi connectivity index (χ4n) is 1.74. The van der Waals surface area contributed by atoms with Gasteiger partial charge in [-0.25, -0.2) is 0 Å². The van der Waals surface area contributed by atoms with Crippen molar-refractivity contribution >= 4 is 11.6 Å². The number of benzene rings is 1. The predicted octanol–water partition coefficient (Wildman–Crippen LogP) is 1.82. The molecule has 0 spiro atoms. The molecule has 0 radical (unpaired) electrons. The zero-order valence-electron chi connectivity index (χ0n) is 9.19. The molecular weight excluding hydrogens is 206 g/mol. The number of amides is 1. The number of hydrogen-bond donors (Lipinski definition) is 2. The van der Waals surface area contributed by atoms with Crippen LogP contribution in [-0.4, -0.2) is 23.7 Å². The molecular formula is C12H15NO3. The highest BCUT2D eigenvalue weighted by atomic mass is 16.5. The van der Waals surface area contributed by atoms with Crippen LogP contribution in [0.5, 0.6) is 5.75 Å². The van der Waals surface area contributed by atoms with Gasteiger partial charge in [-0.1, -0.05) is 0 Å². The van der Waals surface area contributed by atoms with Gasteiger partial charge in [-0.3, -0.25) is 4.79 Å². The Balaban J connectivity index is 2.02. The van der Waals surface area contributed by atoms with E-state index in [0.29, 0.717) is 12.3 Å². The van der Waals surface area contributed by atoms with Gasteiger partial charge in [0.2, 0.25) is 0 Å². The molecule has 0 aliphatic carbocycles. The third-order valence-electron chi connectivity index (χ3n) is 2.69. The van der Waals surface area contributed by atoms with Crippen molar-refractivity contribution in [1.82, 2.24) is 0 Å². The molecule has 0 saturated carbocycles. The van der Waals surface area contributed by atoms with Crippen molar-refractivity contribution in [2.75, 3.05) is 11.9 Å². The molecule has 1 saturated heterocycles. The third kappa shape index (κ3) is 2.33. The lowest BCUT2D eigenvalue weighted by molar-refractivity contribution is -0.124. The Morgan fingerprint density at radius 1 is 1.56 bits per heavy atom. The number of ether oxygens (including phenoxy) is 1. The van der Waals surface area contributed by atoms with E-state index >= 15 is 0 Å². The van der Waals surface area contributed by atoms with E-state index in [0.717, 1.165) is 18.4 Å². The number of aryl methyl sites for hydroxylation is 1. The van der Waals surface area contributed by atoms with E-state index in [2.05, 4.69) is 5.32 Å². The van der Waals surface area contributed by atoms with Gasteiger partial charge in [-0.2, -0.15) is 0 Å². The van der Waals surface area contributed by atoms with Crippen LogP contribution < -0.4 is 5.32 Å². The van der Waals surface area contributed by atoms with Crippen molar-refractivity contribution in [2.45, 2.75) is 25.9 Å². The second-order valence-corrected chi connectivity index (χ2v) is 3.99. The summed E-state index contributed by atoms with van der Waals surface area (Å²) in [6.07, 6.45) is 1.39. The van der Waals surface area contributed by atoms with Gasteiger partial charge < -0.3 is 15.2 Å². The number of nitrogens with one attached hydrogen (secondary N) is 1. The first-order chi connectivity index (χ1) is 7.66. The molecule has 86 valence electrons. The van der Waals surface area contributed by atoms with E-state index < -0.39 is 0 Å². The van der Waals surface area contributed by atoms with Gasteiger partial charge in [0.05, 0.1) is 0 Å². The summed E-state index contributed by atoms with van der Waals surface area (Å²) in [5, 5.41) is 12.1. The molecule has 4 heteroatoms. The SMILES string of the molecule is Cc1cc(NC(=O)[C@H]2CCCO2)ccc1O. The minimum absolute atomic E-state index is 0.109. The van der Waals surface area contributed by atoms with Gasteiger partial charge in [0.15, 0.2) is 0 Å². The van der Waals surface area contributed by atoms with Gasteiger partial charge in [-0.05, 0) is 43.5 Å². The Labute approximate surface area is 94.2 Å². The highest BCUT2D eigenvalue weighted by molar-refractivity contribution is 5.94. The van der Waals surface area contributed by atoms with E-state index in [1.807, 2.05) is 0 Å². The molecule has 2 N–H and O–H groups in total. The van der Waals surface area contributed by atoms with E-state index in [-0.39, 0.29) is 17.8 Å². The summed E-state index contributed by atoms with van der Waals surface area (Å²) in [6.45, 7) is 2.45. The number of aromatic hydroxyl groups is 1. The topological polar surface area (TPSA) is 58.6 Å². The minimum Gasteiger partial charge on any atom is -0.508 e. The van der Waals surface area contributed by atoms with Crippen molar-refractivity contribution in [1.29, 1.82) is 0 Å². The quantitative estimate of drug-likeness (QED) is 0.749. The fourth-order valence-corrected chi connectivity index (χ4v) is 1.74. The summed E-state index contributed by atoms with van der Waals surface area (Å²) in [5.41, 5.74) is 1.43. The number of hydrogen-bond acceptors (Lipinski definition) is 3.